The lowest BCUT2D eigenvalue weighted by Crippen LogP contribution is -1.88. The van der Waals surface area contributed by atoms with Crippen molar-refractivity contribution < 1.29 is 4.79 Å². The molecular weight excluding hydrogens is 220 g/mol. The molecule has 0 aliphatic heterocycles. The monoisotopic (exact) mass is 240 g/mol. The van der Waals surface area contributed by atoms with Crippen molar-refractivity contribution in [1.29, 1.82) is 0 Å². The Bertz CT molecular complexity index is 457. The molecule has 0 fully saturated rings. The topological polar surface area (TPSA) is 17.1 Å². The van der Waals surface area contributed by atoms with Crippen LogP contribution in [-0.2, 0) is 0 Å². The summed E-state index contributed by atoms with van der Waals surface area (Å²) in [6.07, 6.45) is 0. The van der Waals surface area contributed by atoms with E-state index in [4.69, 9.17) is 0 Å². The highest BCUT2D eigenvalue weighted by Crippen LogP contribution is 2.11. The van der Waals surface area contributed by atoms with E-state index >= 15 is 0 Å². The highest BCUT2D eigenvalue weighted by molar-refractivity contribution is 5.93. The number of carbonyl (C=O) groups excluding carboxylic acids is 1. The predicted molar refractivity (Wildman–Crippen MR) is 77.0 cm³/mol. The standard InChI is InChI=1S/C9H12.C8H8O/c1-8(2)9-6-4-3-5-7-9;1-7(9)8-5-3-2-4-6-8/h3-8H,1-2H3;2-6H,1H3. The third-order valence-electron chi connectivity index (χ3n) is 2.65. The first-order valence-corrected chi connectivity index (χ1v) is 6.22. The number of hydrogen-bond acceptors (Lipinski definition) is 1. The molecule has 0 atom stereocenters. The van der Waals surface area contributed by atoms with E-state index in [0.717, 1.165) is 5.56 Å². The van der Waals surface area contributed by atoms with Gasteiger partial charge in [-0.05, 0) is 18.4 Å². The average molecular weight is 240 g/mol. The average Bonchev–Trinajstić information content (AvgIpc) is 2.41. The number of ketones is 1. The van der Waals surface area contributed by atoms with Gasteiger partial charge in [0, 0.05) is 5.56 Å². The third-order valence-corrected chi connectivity index (χ3v) is 2.65. The van der Waals surface area contributed by atoms with E-state index in [0.29, 0.717) is 5.92 Å². The van der Waals surface area contributed by atoms with Gasteiger partial charge in [-0.3, -0.25) is 4.79 Å². The SMILES string of the molecule is CC(=O)c1ccccc1.CC(C)c1ccccc1. The maximum absolute atomic E-state index is 10.6. The molecule has 1 nitrogen and oxygen atoms in total. The van der Waals surface area contributed by atoms with Crippen LogP contribution in [0.2, 0.25) is 0 Å². The number of Topliss-reactive ketones (excluding diaryl/α,β-unsaturated/α-hetero) is 1. The van der Waals surface area contributed by atoms with Gasteiger partial charge in [0.1, 0.15) is 0 Å². The minimum atomic E-state index is 0.121. The van der Waals surface area contributed by atoms with Crippen molar-refractivity contribution in [2.45, 2.75) is 26.7 Å². The molecule has 1 heteroatoms. The van der Waals surface area contributed by atoms with Crippen LogP contribution in [0.3, 0.4) is 0 Å². The molecule has 2 rings (SSSR count). The van der Waals surface area contributed by atoms with Gasteiger partial charge in [0.15, 0.2) is 5.78 Å². The minimum Gasteiger partial charge on any atom is -0.295 e. The van der Waals surface area contributed by atoms with Gasteiger partial charge in [-0.2, -0.15) is 0 Å². The van der Waals surface area contributed by atoms with Crippen LogP contribution in [0, 0.1) is 0 Å². The summed E-state index contributed by atoms with van der Waals surface area (Å²) in [7, 11) is 0. The van der Waals surface area contributed by atoms with Gasteiger partial charge < -0.3 is 0 Å². The van der Waals surface area contributed by atoms with Crippen LogP contribution in [-0.4, -0.2) is 5.78 Å². The summed E-state index contributed by atoms with van der Waals surface area (Å²) in [5.74, 6) is 0.779. The quantitative estimate of drug-likeness (QED) is 0.695. The minimum absolute atomic E-state index is 0.121. The van der Waals surface area contributed by atoms with Crippen molar-refractivity contribution in [1.82, 2.24) is 0 Å². The molecule has 2 aromatic rings. The Labute approximate surface area is 109 Å². The molecule has 0 amide bonds. The summed E-state index contributed by atoms with van der Waals surface area (Å²) in [6, 6.07) is 19.7. The first-order valence-electron chi connectivity index (χ1n) is 6.22. The zero-order valence-electron chi connectivity index (χ0n) is 11.3. The molecule has 0 spiro atoms. The molecule has 0 unspecified atom stereocenters. The third kappa shape index (κ3) is 4.96. The first kappa shape index (κ1) is 14.2. The molecule has 0 saturated carbocycles. The van der Waals surface area contributed by atoms with Gasteiger partial charge >= 0.3 is 0 Å². The summed E-state index contributed by atoms with van der Waals surface area (Å²) in [4.78, 5) is 10.6. The first-order chi connectivity index (χ1) is 8.61. The summed E-state index contributed by atoms with van der Waals surface area (Å²) in [6.45, 7) is 5.97. The molecule has 0 aliphatic rings. The Balaban J connectivity index is 0.000000180. The number of hydrogen-bond donors (Lipinski definition) is 0. The van der Waals surface area contributed by atoms with E-state index in [9.17, 15) is 4.79 Å². The molecule has 94 valence electrons. The van der Waals surface area contributed by atoms with E-state index in [2.05, 4.69) is 38.1 Å². The van der Waals surface area contributed by atoms with Gasteiger partial charge in [0.05, 0.1) is 0 Å². The van der Waals surface area contributed by atoms with Gasteiger partial charge in [0.2, 0.25) is 0 Å². The Morgan fingerprint density at radius 3 is 1.56 bits per heavy atom. The lowest BCUT2D eigenvalue weighted by molar-refractivity contribution is 0.101. The zero-order valence-corrected chi connectivity index (χ0v) is 11.3. The summed E-state index contributed by atoms with van der Waals surface area (Å²) >= 11 is 0. The van der Waals surface area contributed by atoms with Crippen molar-refractivity contribution in [2.75, 3.05) is 0 Å². The van der Waals surface area contributed by atoms with Crippen molar-refractivity contribution in [3.8, 4) is 0 Å². The van der Waals surface area contributed by atoms with Crippen molar-refractivity contribution in [2.24, 2.45) is 0 Å². The highest BCUT2D eigenvalue weighted by atomic mass is 16.1. The Kier molecular flexibility index (Phi) is 5.86. The molecule has 18 heavy (non-hydrogen) atoms. The van der Waals surface area contributed by atoms with Gasteiger partial charge in [-0.1, -0.05) is 74.5 Å². The number of rotatable bonds is 2. The fraction of sp³-hybridized carbons (Fsp3) is 0.235. The second-order valence-corrected chi connectivity index (χ2v) is 4.49. The van der Waals surface area contributed by atoms with Gasteiger partial charge in [-0.15, -0.1) is 0 Å². The fourth-order valence-corrected chi connectivity index (χ4v) is 1.51. The molecule has 0 aromatic heterocycles. The maximum atomic E-state index is 10.6. The summed E-state index contributed by atoms with van der Waals surface area (Å²) < 4.78 is 0. The van der Waals surface area contributed by atoms with Crippen LogP contribution in [0.25, 0.3) is 0 Å². The molecule has 0 bridgehead atoms. The second-order valence-electron chi connectivity index (χ2n) is 4.49. The van der Waals surface area contributed by atoms with Crippen LogP contribution >= 0.6 is 0 Å². The van der Waals surface area contributed by atoms with Crippen molar-refractivity contribution >= 4 is 5.78 Å². The lowest BCUT2D eigenvalue weighted by Gasteiger charge is -2.01. The van der Waals surface area contributed by atoms with E-state index in [1.165, 1.54) is 5.56 Å². The zero-order chi connectivity index (χ0) is 13.4. The Morgan fingerprint density at radius 1 is 0.833 bits per heavy atom. The van der Waals surface area contributed by atoms with E-state index in [1.54, 1.807) is 6.92 Å². The molecule has 0 aliphatic carbocycles. The van der Waals surface area contributed by atoms with Crippen LogP contribution in [0.4, 0.5) is 0 Å². The maximum Gasteiger partial charge on any atom is 0.159 e. The second kappa shape index (κ2) is 7.44. The summed E-state index contributed by atoms with van der Waals surface area (Å²) in [5, 5.41) is 0. The van der Waals surface area contributed by atoms with Gasteiger partial charge in [0.25, 0.3) is 0 Å². The number of benzene rings is 2. The Hall–Kier alpha value is -1.89. The van der Waals surface area contributed by atoms with Crippen LogP contribution in [0.1, 0.15) is 42.6 Å². The highest BCUT2D eigenvalue weighted by Gasteiger charge is 1.93. The van der Waals surface area contributed by atoms with Crippen molar-refractivity contribution in [3.63, 3.8) is 0 Å². The van der Waals surface area contributed by atoms with Crippen LogP contribution < -0.4 is 0 Å². The number of carbonyl (C=O) groups is 1. The fourth-order valence-electron chi connectivity index (χ4n) is 1.51. The van der Waals surface area contributed by atoms with Crippen LogP contribution in [0.5, 0.6) is 0 Å². The molecule has 2 aromatic carbocycles. The van der Waals surface area contributed by atoms with Gasteiger partial charge in [-0.25, -0.2) is 0 Å². The molecule has 0 saturated heterocycles. The predicted octanol–water partition coefficient (Wildman–Crippen LogP) is 4.70. The normalized spacial score (nSPS) is 9.56. The largest absolute Gasteiger partial charge is 0.295 e. The molecule has 0 radical (unpaired) electrons. The summed E-state index contributed by atoms with van der Waals surface area (Å²) in [5.41, 5.74) is 2.19. The smallest absolute Gasteiger partial charge is 0.159 e. The Morgan fingerprint density at radius 2 is 1.28 bits per heavy atom. The van der Waals surface area contributed by atoms with E-state index in [1.807, 2.05) is 36.4 Å². The molecular formula is C17H20O. The molecule has 0 heterocycles. The van der Waals surface area contributed by atoms with Crippen molar-refractivity contribution in [3.05, 3.63) is 71.8 Å². The lowest BCUT2D eigenvalue weighted by atomic mass is 10.0. The van der Waals surface area contributed by atoms with E-state index in [-0.39, 0.29) is 5.78 Å². The van der Waals surface area contributed by atoms with Crippen LogP contribution in [0.15, 0.2) is 60.7 Å². The van der Waals surface area contributed by atoms with E-state index < -0.39 is 0 Å². The molecule has 0 N–H and O–H groups in total.